The minimum absolute atomic E-state index is 0.386. The minimum atomic E-state index is 0.386. The summed E-state index contributed by atoms with van der Waals surface area (Å²) in [7, 11) is 0. The van der Waals surface area contributed by atoms with Crippen LogP contribution in [0.5, 0.6) is 5.75 Å². The molecule has 0 aliphatic rings. The van der Waals surface area contributed by atoms with Crippen molar-refractivity contribution in [2.75, 3.05) is 0 Å². The van der Waals surface area contributed by atoms with Gasteiger partial charge in [0, 0.05) is 10.8 Å². The van der Waals surface area contributed by atoms with Gasteiger partial charge in [-0.05, 0) is 23.3 Å². The lowest BCUT2D eigenvalue weighted by molar-refractivity contribution is 0.487. The van der Waals surface area contributed by atoms with E-state index in [1.54, 1.807) is 0 Å². The van der Waals surface area contributed by atoms with E-state index in [4.69, 9.17) is 0 Å². The number of phenols is 1. The Hall–Kier alpha value is -2.02. The van der Waals surface area contributed by atoms with Crippen LogP contribution in [-0.2, 0) is 0 Å². The van der Waals surface area contributed by atoms with Gasteiger partial charge in [-0.15, -0.1) is 0 Å². The van der Waals surface area contributed by atoms with Gasteiger partial charge in [-0.2, -0.15) is 0 Å². The van der Waals surface area contributed by atoms with E-state index in [-0.39, 0.29) is 0 Å². The normalized spacial score (nSPS) is 11.1. The summed E-state index contributed by atoms with van der Waals surface area (Å²) >= 11 is 0. The molecule has 16 heavy (non-hydrogen) atoms. The predicted octanol–water partition coefficient (Wildman–Crippen LogP) is 4.01. The zero-order chi connectivity index (χ0) is 11.1. The van der Waals surface area contributed by atoms with E-state index < -0.39 is 0 Å². The lowest BCUT2D eigenvalue weighted by Gasteiger charge is -2.09. The molecule has 0 amide bonds. The SMILES string of the molecule is Cc1c2ccccc2c(O)c2ccccc12. The monoisotopic (exact) mass is 208 g/mol. The second kappa shape index (κ2) is 3.24. The van der Waals surface area contributed by atoms with Gasteiger partial charge >= 0.3 is 0 Å². The molecular formula is C15H12O. The molecule has 1 nitrogen and oxygen atoms in total. The van der Waals surface area contributed by atoms with E-state index in [9.17, 15) is 5.11 Å². The molecule has 0 atom stereocenters. The molecular weight excluding hydrogens is 196 g/mol. The van der Waals surface area contributed by atoms with E-state index in [0.29, 0.717) is 5.75 Å². The third-order valence-corrected chi connectivity index (χ3v) is 3.17. The zero-order valence-electron chi connectivity index (χ0n) is 9.07. The summed E-state index contributed by atoms with van der Waals surface area (Å²) in [5.74, 6) is 0.386. The number of phenolic OH excluding ortho intramolecular Hbond substituents is 1. The van der Waals surface area contributed by atoms with Crippen LogP contribution in [-0.4, -0.2) is 5.11 Å². The Morgan fingerprint density at radius 2 is 1.06 bits per heavy atom. The van der Waals surface area contributed by atoms with Crippen LogP contribution in [0, 0.1) is 6.92 Å². The number of fused-ring (bicyclic) bond motifs is 2. The van der Waals surface area contributed by atoms with Crippen LogP contribution >= 0.6 is 0 Å². The Kier molecular flexibility index (Phi) is 1.87. The van der Waals surface area contributed by atoms with Crippen molar-refractivity contribution in [2.24, 2.45) is 0 Å². The van der Waals surface area contributed by atoms with Gasteiger partial charge in [-0.3, -0.25) is 0 Å². The van der Waals surface area contributed by atoms with E-state index in [1.165, 1.54) is 5.56 Å². The first-order valence-corrected chi connectivity index (χ1v) is 5.38. The second-order valence-corrected chi connectivity index (χ2v) is 4.06. The second-order valence-electron chi connectivity index (χ2n) is 4.06. The molecule has 0 aromatic heterocycles. The Morgan fingerprint density at radius 1 is 0.688 bits per heavy atom. The van der Waals surface area contributed by atoms with E-state index in [0.717, 1.165) is 21.5 Å². The molecule has 3 aromatic carbocycles. The summed E-state index contributed by atoms with van der Waals surface area (Å²) in [6, 6.07) is 15.9. The molecule has 0 heterocycles. The van der Waals surface area contributed by atoms with Crippen LogP contribution < -0.4 is 0 Å². The highest BCUT2D eigenvalue weighted by atomic mass is 16.3. The largest absolute Gasteiger partial charge is 0.507 e. The standard InChI is InChI=1S/C15H12O/c1-10-11-6-2-4-8-13(11)15(16)14-9-5-3-7-12(10)14/h2-9,16H,1H3. The molecule has 3 aromatic rings. The van der Waals surface area contributed by atoms with Crippen molar-refractivity contribution in [1.29, 1.82) is 0 Å². The van der Waals surface area contributed by atoms with Gasteiger partial charge in [0.15, 0.2) is 0 Å². The molecule has 3 rings (SSSR count). The molecule has 0 aliphatic carbocycles. The molecule has 78 valence electrons. The first-order valence-electron chi connectivity index (χ1n) is 5.38. The number of aromatic hydroxyl groups is 1. The maximum absolute atomic E-state index is 10.2. The Labute approximate surface area is 94.0 Å². The fourth-order valence-electron chi connectivity index (χ4n) is 2.32. The number of benzene rings is 3. The molecule has 0 aliphatic heterocycles. The zero-order valence-corrected chi connectivity index (χ0v) is 9.07. The number of aryl methyl sites for hydroxylation is 1. The maximum atomic E-state index is 10.2. The van der Waals surface area contributed by atoms with Crippen LogP contribution in [0.4, 0.5) is 0 Å². The quantitative estimate of drug-likeness (QED) is 0.553. The van der Waals surface area contributed by atoms with Crippen molar-refractivity contribution in [3.63, 3.8) is 0 Å². The van der Waals surface area contributed by atoms with Crippen LogP contribution in [0.3, 0.4) is 0 Å². The molecule has 0 unspecified atom stereocenters. The molecule has 0 spiro atoms. The van der Waals surface area contributed by atoms with Crippen molar-refractivity contribution in [1.82, 2.24) is 0 Å². The number of rotatable bonds is 0. The number of hydrogen-bond acceptors (Lipinski definition) is 1. The first-order chi connectivity index (χ1) is 7.79. The summed E-state index contributed by atoms with van der Waals surface area (Å²) in [6.07, 6.45) is 0. The smallest absolute Gasteiger partial charge is 0.131 e. The topological polar surface area (TPSA) is 20.2 Å². The van der Waals surface area contributed by atoms with Crippen molar-refractivity contribution < 1.29 is 5.11 Å². The van der Waals surface area contributed by atoms with E-state index >= 15 is 0 Å². The predicted molar refractivity (Wildman–Crippen MR) is 67.9 cm³/mol. The molecule has 0 saturated heterocycles. The molecule has 0 radical (unpaired) electrons. The van der Waals surface area contributed by atoms with Crippen LogP contribution in [0.1, 0.15) is 5.56 Å². The van der Waals surface area contributed by atoms with Gasteiger partial charge in [-0.1, -0.05) is 48.5 Å². The van der Waals surface area contributed by atoms with Crippen molar-refractivity contribution in [3.8, 4) is 5.75 Å². The Morgan fingerprint density at radius 3 is 1.50 bits per heavy atom. The summed E-state index contributed by atoms with van der Waals surface area (Å²) in [4.78, 5) is 0. The van der Waals surface area contributed by atoms with E-state index in [1.807, 2.05) is 36.4 Å². The van der Waals surface area contributed by atoms with Crippen molar-refractivity contribution in [3.05, 3.63) is 54.1 Å². The van der Waals surface area contributed by atoms with Crippen LogP contribution in [0.2, 0.25) is 0 Å². The molecule has 1 N–H and O–H groups in total. The average Bonchev–Trinajstić information content (AvgIpc) is 2.36. The third-order valence-electron chi connectivity index (χ3n) is 3.17. The van der Waals surface area contributed by atoms with Crippen LogP contribution in [0.25, 0.3) is 21.5 Å². The fourth-order valence-corrected chi connectivity index (χ4v) is 2.32. The van der Waals surface area contributed by atoms with Gasteiger partial charge in [0.2, 0.25) is 0 Å². The van der Waals surface area contributed by atoms with Crippen molar-refractivity contribution >= 4 is 21.5 Å². The van der Waals surface area contributed by atoms with Gasteiger partial charge in [-0.25, -0.2) is 0 Å². The maximum Gasteiger partial charge on any atom is 0.131 e. The summed E-state index contributed by atoms with van der Waals surface area (Å²) < 4.78 is 0. The minimum Gasteiger partial charge on any atom is -0.507 e. The van der Waals surface area contributed by atoms with Gasteiger partial charge in [0.05, 0.1) is 0 Å². The third kappa shape index (κ3) is 1.12. The Balaban J connectivity index is 2.67. The highest BCUT2D eigenvalue weighted by Crippen LogP contribution is 2.36. The molecule has 0 bridgehead atoms. The highest BCUT2D eigenvalue weighted by Gasteiger charge is 2.08. The summed E-state index contributed by atoms with van der Waals surface area (Å²) in [5, 5.41) is 14.3. The average molecular weight is 208 g/mol. The molecule has 1 heteroatoms. The Bertz CT molecular complexity index is 566. The molecule has 0 saturated carbocycles. The number of hydrogen-bond donors (Lipinski definition) is 1. The fraction of sp³-hybridized carbons (Fsp3) is 0.0667. The lowest BCUT2D eigenvalue weighted by atomic mass is 9.97. The van der Waals surface area contributed by atoms with Gasteiger partial charge < -0.3 is 5.11 Å². The van der Waals surface area contributed by atoms with E-state index in [2.05, 4.69) is 19.1 Å². The van der Waals surface area contributed by atoms with Crippen molar-refractivity contribution in [2.45, 2.75) is 6.92 Å². The van der Waals surface area contributed by atoms with Gasteiger partial charge in [0.1, 0.15) is 5.75 Å². The highest BCUT2D eigenvalue weighted by molar-refractivity contribution is 6.07. The molecule has 0 fully saturated rings. The van der Waals surface area contributed by atoms with Crippen LogP contribution in [0.15, 0.2) is 48.5 Å². The summed E-state index contributed by atoms with van der Waals surface area (Å²) in [6.45, 7) is 2.10. The first kappa shape index (κ1) is 9.22. The van der Waals surface area contributed by atoms with Gasteiger partial charge in [0.25, 0.3) is 0 Å². The lowest BCUT2D eigenvalue weighted by Crippen LogP contribution is -1.83. The summed E-state index contributed by atoms with van der Waals surface area (Å²) in [5.41, 5.74) is 1.23.